The molecule has 0 aliphatic heterocycles. The number of halogens is 2. The molecule has 0 bridgehead atoms. The molecule has 3 heterocycles. The Hall–Kier alpha value is -3.07. The molecule has 1 atom stereocenters. The van der Waals surface area contributed by atoms with Crippen molar-refractivity contribution in [1.82, 2.24) is 24.1 Å². The highest BCUT2D eigenvalue weighted by Crippen LogP contribution is 2.30. The van der Waals surface area contributed by atoms with Crippen molar-refractivity contribution in [2.75, 3.05) is 5.73 Å². The Morgan fingerprint density at radius 1 is 1.21 bits per heavy atom. The third kappa shape index (κ3) is 2.97. The van der Waals surface area contributed by atoms with Gasteiger partial charge in [-0.1, -0.05) is 37.3 Å². The van der Waals surface area contributed by atoms with Gasteiger partial charge >= 0.3 is 5.69 Å². The van der Waals surface area contributed by atoms with Gasteiger partial charge in [-0.05, 0) is 34.5 Å². The molecular weight excluding hydrogens is 427 g/mol. The van der Waals surface area contributed by atoms with Crippen molar-refractivity contribution in [2.45, 2.75) is 19.4 Å². The Bertz CT molecular complexity index is 1200. The fraction of sp³-hybridized carbons (Fsp3) is 0.158. The van der Waals surface area contributed by atoms with Crippen LogP contribution in [0.4, 0.5) is 10.3 Å². The van der Waals surface area contributed by atoms with Crippen molar-refractivity contribution in [3.63, 3.8) is 0 Å². The quantitative estimate of drug-likeness (QED) is 0.522. The van der Waals surface area contributed by atoms with E-state index in [4.69, 9.17) is 5.73 Å². The van der Waals surface area contributed by atoms with Crippen molar-refractivity contribution in [3.8, 4) is 11.3 Å². The van der Waals surface area contributed by atoms with Gasteiger partial charge in [0.25, 0.3) is 0 Å². The zero-order chi connectivity index (χ0) is 19.8. The van der Waals surface area contributed by atoms with Crippen LogP contribution >= 0.6 is 15.9 Å². The Morgan fingerprint density at radius 2 is 1.96 bits per heavy atom. The first-order valence-electron chi connectivity index (χ1n) is 8.64. The van der Waals surface area contributed by atoms with Gasteiger partial charge in [-0.2, -0.15) is 0 Å². The molecule has 0 aliphatic carbocycles. The summed E-state index contributed by atoms with van der Waals surface area (Å²) in [6, 6.07) is 11.9. The van der Waals surface area contributed by atoms with Crippen molar-refractivity contribution in [2.24, 2.45) is 0 Å². The molecule has 4 rings (SSSR count). The average Bonchev–Trinajstić information content (AvgIpc) is 3.05. The maximum atomic E-state index is 13.2. The van der Waals surface area contributed by atoms with Gasteiger partial charge in [0.1, 0.15) is 5.82 Å². The van der Waals surface area contributed by atoms with Crippen LogP contribution in [0.5, 0.6) is 0 Å². The van der Waals surface area contributed by atoms with Crippen LogP contribution in [-0.4, -0.2) is 24.1 Å². The minimum absolute atomic E-state index is 0.0372. The molecule has 7 nitrogen and oxygen atoms in total. The van der Waals surface area contributed by atoms with Crippen LogP contribution in [0.3, 0.4) is 0 Å². The summed E-state index contributed by atoms with van der Waals surface area (Å²) in [6.07, 6.45) is 1.66. The number of anilines is 1. The van der Waals surface area contributed by atoms with Crippen LogP contribution in [0.25, 0.3) is 16.9 Å². The summed E-state index contributed by atoms with van der Waals surface area (Å²) in [4.78, 5) is 21.5. The summed E-state index contributed by atoms with van der Waals surface area (Å²) in [5.41, 5.74) is 8.00. The van der Waals surface area contributed by atoms with Gasteiger partial charge in [-0.3, -0.25) is 4.98 Å². The van der Waals surface area contributed by atoms with E-state index in [1.807, 2.05) is 37.3 Å². The van der Waals surface area contributed by atoms with E-state index in [1.54, 1.807) is 6.07 Å². The van der Waals surface area contributed by atoms with Crippen LogP contribution in [0.2, 0.25) is 0 Å². The van der Waals surface area contributed by atoms with Crippen LogP contribution in [0.1, 0.15) is 25.1 Å². The van der Waals surface area contributed by atoms with Gasteiger partial charge in [-0.25, -0.2) is 23.3 Å². The molecule has 0 aliphatic rings. The van der Waals surface area contributed by atoms with Crippen LogP contribution < -0.4 is 11.4 Å². The molecule has 142 valence electrons. The molecule has 9 heteroatoms. The fourth-order valence-corrected chi connectivity index (χ4v) is 3.71. The number of hydrogen-bond acceptors (Lipinski definition) is 5. The number of pyridine rings is 1. The van der Waals surface area contributed by atoms with Gasteiger partial charge in [-0.15, -0.1) is 5.10 Å². The van der Waals surface area contributed by atoms with E-state index in [9.17, 15) is 9.18 Å². The number of aromatic nitrogens is 5. The molecule has 28 heavy (non-hydrogen) atoms. The molecule has 3 aromatic heterocycles. The second-order valence-corrected chi connectivity index (χ2v) is 7.00. The van der Waals surface area contributed by atoms with Gasteiger partial charge in [0.05, 0.1) is 28.1 Å². The van der Waals surface area contributed by atoms with E-state index in [1.165, 1.54) is 15.1 Å². The third-order valence-electron chi connectivity index (χ3n) is 4.48. The minimum Gasteiger partial charge on any atom is -0.369 e. The van der Waals surface area contributed by atoms with Crippen molar-refractivity contribution >= 4 is 27.5 Å². The molecule has 1 aromatic carbocycles. The van der Waals surface area contributed by atoms with Crippen LogP contribution in [-0.2, 0) is 0 Å². The van der Waals surface area contributed by atoms with Crippen molar-refractivity contribution in [3.05, 3.63) is 75.1 Å². The lowest BCUT2D eigenvalue weighted by Gasteiger charge is -2.13. The first kappa shape index (κ1) is 18.3. The Kier molecular flexibility index (Phi) is 4.68. The SMILES string of the molecule is CCC(c1ccc(F)cn1)n1nc2c(Br)c(-c3ccccc3)nc(N)n2c1=O. The predicted octanol–water partition coefficient (Wildman–Crippen LogP) is 3.44. The van der Waals surface area contributed by atoms with Crippen LogP contribution in [0.15, 0.2) is 57.9 Å². The largest absolute Gasteiger partial charge is 0.369 e. The number of nitrogen functional groups attached to an aromatic ring is 1. The maximum absolute atomic E-state index is 13.2. The number of nitrogens with zero attached hydrogens (tertiary/aromatic N) is 5. The van der Waals surface area contributed by atoms with Gasteiger partial charge < -0.3 is 5.73 Å². The monoisotopic (exact) mass is 442 g/mol. The average molecular weight is 443 g/mol. The highest BCUT2D eigenvalue weighted by atomic mass is 79.9. The van der Waals surface area contributed by atoms with Gasteiger partial charge in [0.2, 0.25) is 5.95 Å². The second-order valence-electron chi connectivity index (χ2n) is 6.21. The number of hydrogen-bond donors (Lipinski definition) is 1. The predicted molar refractivity (Wildman–Crippen MR) is 107 cm³/mol. The van der Waals surface area contributed by atoms with E-state index in [2.05, 4.69) is 31.0 Å². The third-order valence-corrected chi connectivity index (χ3v) is 5.21. The summed E-state index contributed by atoms with van der Waals surface area (Å²) < 4.78 is 16.4. The molecular formula is C19H16BrFN6O. The lowest BCUT2D eigenvalue weighted by Crippen LogP contribution is -2.27. The smallest absolute Gasteiger partial charge is 0.353 e. The Morgan fingerprint density at radius 3 is 2.61 bits per heavy atom. The summed E-state index contributed by atoms with van der Waals surface area (Å²) >= 11 is 3.52. The van der Waals surface area contributed by atoms with Gasteiger partial charge in [0, 0.05) is 5.56 Å². The topological polar surface area (TPSA) is 91.1 Å². The van der Waals surface area contributed by atoms with Gasteiger partial charge in [0.15, 0.2) is 5.65 Å². The zero-order valence-electron chi connectivity index (χ0n) is 14.9. The number of fused-ring (bicyclic) bond motifs is 1. The molecule has 1 unspecified atom stereocenters. The minimum atomic E-state index is -0.459. The summed E-state index contributed by atoms with van der Waals surface area (Å²) in [5, 5.41) is 4.50. The molecule has 0 spiro atoms. The highest BCUT2D eigenvalue weighted by molar-refractivity contribution is 9.10. The van der Waals surface area contributed by atoms with E-state index >= 15 is 0 Å². The summed E-state index contributed by atoms with van der Waals surface area (Å²) in [6.45, 7) is 1.90. The number of benzene rings is 1. The number of rotatable bonds is 4. The normalized spacial score (nSPS) is 12.4. The summed E-state index contributed by atoms with van der Waals surface area (Å²) in [7, 11) is 0. The highest BCUT2D eigenvalue weighted by Gasteiger charge is 2.23. The first-order chi connectivity index (χ1) is 13.5. The maximum Gasteiger partial charge on any atom is 0.353 e. The van der Waals surface area contributed by atoms with Crippen molar-refractivity contribution in [1.29, 1.82) is 0 Å². The molecule has 0 fully saturated rings. The molecule has 0 radical (unpaired) electrons. The molecule has 4 aromatic rings. The van der Waals surface area contributed by atoms with E-state index in [0.717, 1.165) is 11.8 Å². The standard InChI is InChI=1S/C19H16BrFN6O/c1-2-14(13-9-8-12(21)10-23-13)27-19(28)26-17(25-27)15(20)16(24-18(26)22)11-6-4-3-5-7-11/h3-10,14H,2H2,1H3,(H2,22,24). The van der Waals surface area contributed by atoms with E-state index in [0.29, 0.717) is 27.9 Å². The Balaban J connectivity index is 1.93. The molecule has 0 saturated carbocycles. The molecule has 0 saturated heterocycles. The van der Waals surface area contributed by atoms with E-state index in [-0.39, 0.29) is 5.95 Å². The lowest BCUT2D eigenvalue weighted by atomic mass is 10.1. The Labute approximate surface area is 167 Å². The summed E-state index contributed by atoms with van der Waals surface area (Å²) in [5.74, 6) is -0.403. The lowest BCUT2D eigenvalue weighted by molar-refractivity contribution is 0.480. The fourth-order valence-electron chi connectivity index (χ4n) is 3.13. The zero-order valence-corrected chi connectivity index (χ0v) is 16.5. The van der Waals surface area contributed by atoms with Crippen molar-refractivity contribution < 1.29 is 4.39 Å². The first-order valence-corrected chi connectivity index (χ1v) is 9.43. The molecule has 0 amide bonds. The molecule has 2 N–H and O–H groups in total. The second kappa shape index (κ2) is 7.16. The van der Waals surface area contributed by atoms with E-state index < -0.39 is 17.5 Å². The number of nitrogens with two attached hydrogens (primary N) is 1. The van der Waals surface area contributed by atoms with Crippen LogP contribution in [0, 0.1) is 5.82 Å².